The Hall–Kier alpha value is -5.86. The Bertz CT molecular complexity index is 2880. The first kappa shape index (κ1) is 24.3. The van der Waals surface area contributed by atoms with Gasteiger partial charge in [0.2, 0.25) is 0 Å². The van der Waals surface area contributed by atoms with E-state index in [0.717, 1.165) is 44.2 Å². The lowest BCUT2D eigenvalue weighted by molar-refractivity contribution is 0.641. The van der Waals surface area contributed by atoms with Gasteiger partial charge in [-0.15, -0.1) is 0 Å². The fraction of sp³-hybridized carbons (Fsp3) is 0.106. The highest BCUT2D eigenvalue weighted by Crippen LogP contribution is 2.39. The van der Waals surface area contributed by atoms with Crippen molar-refractivity contribution in [2.24, 2.45) is 0 Å². The molecule has 236 valence electrons. The van der Waals surface area contributed by atoms with Crippen molar-refractivity contribution in [3.05, 3.63) is 180 Å². The number of aryl methyl sites for hydroxylation is 2. The molecular formula is C47H38N2. The lowest BCUT2D eigenvalue weighted by atomic mass is 9.78. The average Bonchev–Trinajstić information content (AvgIpc) is 3.68. The van der Waals surface area contributed by atoms with Crippen molar-refractivity contribution in [3.63, 3.8) is 0 Å². The Balaban J connectivity index is 1.30. The lowest BCUT2D eigenvalue weighted by Gasteiger charge is -2.26. The fourth-order valence-electron chi connectivity index (χ4n) is 7.56. The number of hydrogen-bond donors (Lipinski definition) is 0. The molecule has 2 nitrogen and oxygen atoms in total. The summed E-state index contributed by atoms with van der Waals surface area (Å²) in [5.74, 6) is 0. The van der Waals surface area contributed by atoms with Crippen molar-refractivity contribution in [2.75, 3.05) is 0 Å². The van der Waals surface area contributed by atoms with Gasteiger partial charge in [-0.2, -0.15) is 0 Å². The highest BCUT2D eigenvalue weighted by Gasteiger charge is 2.23. The predicted octanol–water partition coefficient (Wildman–Crippen LogP) is 12.5. The van der Waals surface area contributed by atoms with Crippen molar-refractivity contribution in [3.8, 4) is 22.5 Å². The van der Waals surface area contributed by atoms with Crippen LogP contribution in [-0.4, -0.2) is 9.13 Å². The van der Waals surface area contributed by atoms with E-state index in [2.05, 4.69) is 140 Å². The molecule has 49 heavy (non-hydrogen) atoms. The molecule has 0 fully saturated rings. The molecule has 0 N–H and O–H groups in total. The molecule has 0 aliphatic rings. The van der Waals surface area contributed by atoms with Gasteiger partial charge in [0, 0.05) is 38.3 Å². The monoisotopic (exact) mass is 635 g/mol. The van der Waals surface area contributed by atoms with E-state index in [4.69, 9.17) is 6.85 Å². The maximum absolute atomic E-state index is 8.75. The van der Waals surface area contributed by atoms with Crippen molar-refractivity contribution in [1.82, 2.24) is 9.13 Å². The maximum atomic E-state index is 8.75. The van der Waals surface area contributed by atoms with Crippen LogP contribution in [0.4, 0.5) is 0 Å². The molecule has 0 aliphatic carbocycles. The molecule has 0 amide bonds. The van der Waals surface area contributed by atoms with Crippen LogP contribution in [0.1, 0.15) is 43.0 Å². The Morgan fingerprint density at radius 3 is 1.57 bits per heavy atom. The number of fused-ring (bicyclic) bond motifs is 6. The molecule has 0 saturated carbocycles. The molecule has 9 aromatic rings. The van der Waals surface area contributed by atoms with Gasteiger partial charge < -0.3 is 9.13 Å². The highest BCUT2D eigenvalue weighted by atomic mass is 15.0. The SMILES string of the molecule is [2H]c1c([2H])c([2H])c(-c2ccc3c(c2)c2cc(-n4c5ccc(C)cc5c5cc(C)ccc54)ccc2n3-c2ccc(C(C)(C)c3ccccc3)cc2)c([2H])c1[2H]. The number of benzene rings is 7. The smallest absolute Gasteiger partial charge is 0.0629 e. The van der Waals surface area contributed by atoms with E-state index >= 15 is 0 Å². The molecule has 0 saturated heterocycles. The van der Waals surface area contributed by atoms with Gasteiger partial charge in [-0.05, 0) is 103 Å². The number of nitrogens with zero attached hydrogens (tertiary/aromatic N) is 2. The number of hydrogen-bond acceptors (Lipinski definition) is 0. The summed E-state index contributed by atoms with van der Waals surface area (Å²) in [5.41, 5.74) is 11.7. The van der Waals surface area contributed by atoms with E-state index in [0.29, 0.717) is 5.56 Å². The summed E-state index contributed by atoms with van der Waals surface area (Å²) in [7, 11) is 0. The summed E-state index contributed by atoms with van der Waals surface area (Å²) in [4.78, 5) is 0. The van der Waals surface area contributed by atoms with Crippen LogP contribution >= 0.6 is 0 Å². The molecule has 2 heterocycles. The van der Waals surface area contributed by atoms with Gasteiger partial charge in [0.25, 0.3) is 0 Å². The van der Waals surface area contributed by atoms with Crippen LogP contribution < -0.4 is 0 Å². The summed E-state index contributed by atoms with van der Waals surface area (Å²) in [6.45, 7) is 8.75. The summed E-state index contributed by atoms with van der Waals surface area (Å²) < 4.78 is 47.0. The molecule has 0 atom stereocenters. The second kappa shape index (κ2) is 11.1. The van der Waals surface area contributed by atoms with Crippen molar-refractivity contribution in [2.45, 2.75) is 33.1 Å². The first-order valence-corrected chi connectivity index (χ1v) is 16.8. The van der Waals surface area contributed by atoms with Crippen LogP contribution in [0.2, 0.25) is 0 Å². The molecule has 0 unspecified atom stereocenters. The highest BCUT2D eigenvalue weighted by molar-refractivity contribution is 6.13. The fourth-order valence-corrected chi connectivity index (χ4v) is 7.56. The molecular weight excluding hydrogens is 593 g/mol. The second-order valence-electron chi connectivity index (χ2n) is 13.7. The largest absolute Gasteiger partial charge is 0.309 e. The summed E-state index contributed by atoms with van der Waals surface area (Å²) >= 11 is 0. The van der Waals surface area contributed by atoms with Gasteiger partial charge in [0.15, 0.2) is 0 Å². The van der Waals surface area contributed by atoms with Crippen molar-refractivity contribution < 1.29 is 6.85 Å². The molecule has 9 rings (SSSR count). The Morgan fingerprint density at radius 1 is 0.449 bits per heavy atom. The van der Waals surface area contributed by atoms with Gasteiger partial charge in [-0.1, -0.05) is 116 Å². The summed E-state index contributed by atoms with van der Waals surface area (Å²) in [5, 5.41) is 4.34. The number of rotatable bonds is 5. The molecule has 0 radical (unpaired) electrons. The summed E-state index contributed by atoms with van der Waals surface area (Å²) in [6.07, 6.45) is 0. The minimum absolute atomic E-state index is 0.187. The van der Waals surface area contributed by atoms with Crippen LogP contribution in [0.5, 0.6) is 0 Å². The van der Waals surface area contributed by atoms with E-state index in [1.807, 2.05) is 24.3 Å². The second-order valence-corrected chi connectivity index (χ2v) is 13.7. The topological polar surface area (TPSA) is 9.86 Å². The zero-order valence-corrected chi connectivity index (χ0v) is 28.0. The molecule has 2 heteroatoms. The van der Waals surface area contributed by atoms with Gasteiger partial charge in [-0.3, -0.25) is 0 Å². The maximum Gasteiger partial charge on any atom is 0.0629 e. The van der Waals surface area contributed by atoms with Crippen LogP contribution in [-0.2, 0) is 5.41 Å². The van der Waals surface area contributed by atoms with Crippen molar-refractivity contribution >= 4 is 43.6 Å². The zero-order chi connectivity index (χ0) is 37.6. The minimum Gasteiger partial charge on any atom is -0.309 e. The van der Waals surface area contributed by atoms with Gasteiger partial charge in [-0.25, -0.2) is 0 Å². The minimum atomic E-state index is -0.397. The van der Waals surface area contributed by atoms with E-state index in [9.17, 15) is 0 Å². The van der Waals surface area contributed by atoms with Crippen LogP contribution in [0, 0.1) is 13.8 Å². The van der Waals surface area contributed by atoms with E-state index in [1.54, 1.807) is 0 Å². The van der Waals surface area contributed by atoms with E-state index in [1.165, 1.54) is 33.0 Å². The van der Waals surface area contributed by atoms with Crippen LogP contribution in [0.25, 0.3) is 66.1 Å². The Morgan fingerprint density at radius 2 is 0.939 bits per heavy atom. The third kappa shape index (κ3) is 4.70. The lowest BCUT2D eigenvalue weighted by Crippen LogP contribution is -2.18. The predicted molar refractivity (Wildman–Crippen MR) is 209 cm³/mol. The van der Waals surface area contributed by atoms with E-state index in [-0.39, 0.29) is 35.1 Å². The third-order valence-corrected chi connectivity index (χ3v) is 10.2. The van der Waals surface area contributed by atoms with Crippen molar-refractivity contribution in [1.29, 1.82) is 0 Å². The first-order chi connectivity index (χ1) is 25.9. The summed E-state index contributed by atoms with van der Waals surface area (Å²) in [6, 6.07) is 43.5. The normalized spacial score (nSPS) is 13.5. The van der Waals surface area contributed by atoms with Gasteiger partial charge in [0.1, 0.15) is 0 Å². The molecule has 0 spiro atoms. The zero-order valence-electron chi connectivity index (χ0n) is 33.0. The van der Waals surface area contributed by atoms with E-state index < -0.39 is 6.04 Å². The molecule has 2 aromatic heterocycles. The average molecular weight is 636 g/mol. The molecule has 0 aliphatic heterocycles. The van der Waals surface area contributed by atoms with Crippen LogP contribution in [0.3, 0.4) is 0 Å². The Kier molecular flexibility index (Phi) is 5.51. The van der Waals surface area contributed by atoms with Gasteiger partial charge in [0.05, 0.1) is 28.9 Å². The Labute approximate surface area is 294 Å². The number of aromatic nitrogens is 2. The first-order valence-electron chi connectivity index (χ1n) is 19.3. The van der Waals surface area contributed by atoms with Gasteiger partial charge >= 0.3 is 0 Å². The standard InChI is InChI=1S/C47H38N2/c1-31-15-23-43-39(27-31)40-28-32(2)16-24-44(40)49(43)38-22-26-46-42(30-38)41-29-34(33-11-7-5-8-12-33)17-25-45(41)48(46)37-20-18-36(19-21-37)47(3,4)35-13-9-6-10-14-35/h5-30H,1-4H3/i5D,7D,8D,11D,12D. The third-order valence-electron chi connectivity index (χ3n) is 10.2. The molecule has 0 bridgehead atoms. The molecule has 7 aromatic carbocycles. The quantitative estimate of drug-likeness (QED) is 0.178. The van der Waals surface area contributed by atoms with Crippen LogP contribution in [0.15, 0.2) is 158 Å².